The maximum atomic E-state index is 5.81. The van der Waals surface area contributed by atoms with Crippen LogP contribution in [-0.4, -0.2) is 43.0 Å². The van der Waals surface area contributed by atoms with Gasteiger partial charge in [-0.1, -0.05) is 61.4 Å². The molecular weight excluding hydrogens is 521 g/mol. The van der Waals surface area contributed by atoms with Crippen molar-refractivity contribution in [1.29, 1.82) is 0 Å². The summed E-state index contributed by atoms with van der Waals surface area (Å²) in [4.78, 5) is -0.506. The minimum atomic E-state index is -1.36. The molecular formula is C17H34BrCl5O2Si. The smallest absolute Gasteiger partial charge is 0.238 e. The summed E-state index contributed by atoms with van der Waals surface area (Å²) in [5.74, 6) is 0.0544. The van der Waals surface area contributed by atoms with Crippen LogP contribution >= 0.6 is 72.9 Å². The molecule has 160 valence electrons. The first-order valence-corrected chi connectivity index (χ1v) is 16.1. The molecule has 0 rings (SSSR count). The summed E-state index contributed by atoms with van der Waals surface area (Å²) < 4.78 is 11.4. The molecule has 9 heteroatoms. The lowest BCUT2D eigenvalue weighted by Crippen LogP contribution is -2.37. The molecule has 0 saturated heterocycles. The van der Waals surface area contributed by atoms with Crippen LogP contribution in [0.4, 0.5) is 0 Å². The van der Waals surface area contributed by atoms with Crippen LogP contribution in [0.2, 0.25) is 6.04 Å². The molecule has 0 aliphatic heterocycles. The second-order valence-corrected chi connectivity index (χ2v) is 13.6. The first-order valence-electron chi connectivity index (χ1n) is 9.24. The van der Waals surface area contributed by atoms with Gasteiger partial charge in [-0.05, 0) is 12.5 Å². The van der Waals surface area contributed by atoms with Crippen molar-refractivity contribution in [3.8, 4) is 0 Å². The molecule has 0 aromatic carbocycles. The fourth-order valence-corrected chi connectivity index (χ4v) is 5.20. The van der Waals surface area contributed by atoms with Crippen molar-refractivity contribution in [3.63, 3.8) is 0 Å². The molecule has 0 bridgehead atoms. The Morgan fingerprint density at radius 1 is 1.00 bits per heavy atom. The minimum absolute atomic E-state index is 0.306. The van der Waals surface area contributed by atoms with Gasteiger partial charge in [-0.2, -0.15) is 22.2 Å². The van der Waals surface area contributed by atoms with Crippen LogP contribution < -0.4 is 0 Å². The van der Waals surface area contributed by atoms with Gasteiger partial charge >= 0.3 is 0 Å². The van der Waals surface area contributed by atoms with Crippen molar-refractivity contribution in [2.75, 3.05) is 24.9 Å². The molecule has 0 aromatic rings. The normalized spacial score (nSPS) is 13.6. The Hall–Kier alpha value is 2.07. The van der Waals surface area contributed by atoms with Crippen LogP contribution in [0.1, 0.15) is 64.7 Å². The highest BCUT2D eigenvalue weighted by atomic mass is 79.9. The molecule has 26 heavy (non-hydrogen) atoms. The van der Waals surface area contributed by atoms with E-state index in [0.717, 1.165) is 30.6 Å². The minimum Gasteiger partial charge on any atom is -0.353 e. The van der Waals surface area contributed by atoms with E-state index in [1.54, 1.807) is 7.11 Å². The summed E-state index contributed by atoms with van der Waals surface area (Å²) in [7, 11) is 0.338. The van der Waals surface area contributed by atoms with Crippen LogP contribution in [0.5, 0.6) is 0 Å². The maximum Gasteiger partial charge on any atom is 0.238 e. The summed E-state index contributed by atoms with van der Waals surface area (Å²) in [6.07, 6.45) is 10.7. The van der Waals surface area contributed by atoms with Gasteiger partial charge < -0.3 is 9.47 Å². The number of alkyl halides is 4. The predicted molar refractivity (Wildman–Crippen MR) is 127 cm³/mol. The average molecular weight is 556 g/mol. The second kappa shape index (κ2) is 21.8. The van der Waals surface area contributed by atoms with Gasteiger partial charge in [0.05, 0.1) is 6.61 Å². The van der Waals surface area contributed by atoms with E-state index in [0.29, 0.717) is 12.5 Å². The molecule has 0 aliphatic rings. The van der Waals surface area contributed by atoms with Crippen LogP contribution in [0.15, 0.2) is 0 Å². The molecule has 0 N–H and O–H groups in total. The van der Waals surface area contributed by atoms with Crippen LogP contribution in [0, 0.1) is 0 Å². The quantitative estimate of drug-likeness (QED) is 0.0632. The van der Waals surface area contributed by atoms with Crippen LogP contribution in [0.3, 0.4) is 0 Å². The van der Waals surface area contributed by atoms with E-state index < -0.39 is 18.0 Å². The fraction of sp³-hybridized carbons (Fsp3) is 1.00. The number of rotatable bonds is 16. The molecule has 0 spiro atoms. The van der Waals surface area contributed by atoms with E-state index in [2.05, 4.69) is 22.9 Å². The zero-order chi connectivity index (χ0) is 20.3. The van der Waals surface area contributed by atoms with E-state index >= 15 is 0 Å². The number of methoxy groups -OCH3 is 1. The molecule has 2 nitrogen and oxygen atoms in total. The van der Waals surface area contributed by atoms with Gasteiger partial charge in [-0.15, -0.1) is 34.8 Å². The number of hydrogen-bond acceptors (Lipinski definition) is 2. The van der Waals surface area contributed by atoms with Crippen molar-refractivity contribution in [3.05, 3.63) is 0 Å². The molecule has 0 aromatic heterocycles. The molecule has 0 radical (unpaired) electrons. The van der Waals surface area contributed by atoms with E-state index in [1.807, 2.05) is 0 Å². The van der Waals surface area contributed by atoms with Gasteiger partial charge in [0.25, 0.3) is 0 Å². The fourth-order valence-electron chi connectivity index (χ4n) is 2.33. The highest BCUT2D eigenvalue weighted by Gasteiger charge is 2.30. The maximum absolute atomic E-state index is 5.81. The highest BCUT2D eigenvalue weighted by Crippen LogP contribution is 2.27. The standard InChI is InChI=1S/C15H29BrCl2O2.C2H5Cl3Si/c1-3-4-5-6-7-8-9-10-15(19-2,11-12-16)20-13-14(17)18;3-1-2-6(4)5/h14H,3-13H2,1-2H3;6H,1-2H2. The van der Waals surface area contributed by atoms with Gasteiger partial charge in [0, 0.05) is 31.2 Å². The Bertz CT molecular complexity index is 292. The third-order valence-corrected chi connectivity index (χ3v) is 7.08. The summed E-state index contributed by atoms with van der Waals surface area (Å²) in [6.45, 7) is 2.55. The molecule has 0 fully saturated rings. The number of halogens is 6. The first kappa shape index (κ1) is 30.3. The average Bonchev–Trinajstić information content (AvgIpc) is 2.59. The molecule has 1 unspecified atom stereocenters. The second-order valence-electron chi connectivity index (χ2n) is 6.00. The summed E-state index contributed by atoms with van der Waals surface area (Å²) in [6, 6.07) is 0.810. The molecule has 1 atom stereocenters. The summed E-state index contributed by atoms with van der Waals surface area (Å²) >= 11 is 31.0. The van der Waals surface area contributed by atoms with Gasteiger partial charge in [0.1, 0.15) is 4.84 Å². The Morgan fingerprint density at radius 3 is 1.96 bits per heavy atom. The van der Waals surface area contributed by atoms with Crippen LogP contribution in [0.25, 0.3) is 0 Å². The number of ether oxygens (including phenoxy) is 2. The van der Waals surface area contributed by atoms with Crippen molar-refractivity contribution < 1.29 is 9.47 Å². The van der Waals surface area contributed by atoms with E-state index in [4.69, 9.17) is 66.4 Å². The third kappa shape index (κ3) is 20.8. The SMILES string of the molecule is CCCCCCCCCC(CCBr)(OC)OCC(Cl)Cl.ClCC[SiH](Cl)Cl. The Labute approximate surface area is 195 Å². The van der Waals surface area contributed by atoms with Crippen LogP contribution in [-0.2, 0) is 9.47 Å². The lowest BCUT2D eigenvalue weighted by atomic mass is 10.0. The zero-order valence-electron chi connectivity index (χ0n) is 15.9. The highest BCUT2D eigenvalue weighted by molar-refractivity contribution is 9.09. The Balaban J connectivity index is 0. The molecule has 0 heterocycles. The Morgan fingerprint density at radius 2 is 1.58 bits per heavy atom. The monoisotopic (exact) mass is 552 g/mol. The van der Waals surface area contributed by atoms with Gasteiger partial charge in [-0.25, -0.2) is 0 Å². The van der Waals surface area contributed by atoms with Gasteiger partial charge in [0.15, 0.2) is 5.79 Å². The largest absolute Gasteiger partial charge is 0.353 e. The topological polar surface area (TPSA) is 18.5 Å². The lowest BCUT2D eigenvalue weighted by molar-refractivity contribution is -0.226. The van der Waals surface area contributed by atoms with Crippen molar-refractivity contribution in [1.82, 2.24) is 0 Å². The Kier molecular flexibility index (Phi) is 25.3. The van der Waals surface area contributed by atoms with Gasteiger partial charge in [-0.3, -0.25) is 0 Å². The molecule has 0 saturated carbocycles. The van der Waals surface area contributed by atoms with E-state index in [1.165, 1.54) is 38.5 Å². The van der Waals surface area contributed by atoms with Crippen molar-refractivity contribution in [2.24, 2.45) is 0 Å². The number of unbranched alkanes of at least 4 members (excludes halogenated alkanes) is 6. The molecule has 0 aliphatic carbocycles. The summed E-state index contributed by atoms with van der Waals surface area (Å²) in [5.41, 5.74) is 0. The van der Waals surface area contributed by atoms with Crippen molar-refractivity contribution >= 4 is 80.3 Å². The lowest BCUT2D eigenvalue weighted by Gasteiger charge is -2.32. The number of hydrogen-bond donors (Lipinski definition) is 0. The van der Waals surface area contributed by atoms with Gasteiger partial charge in [0.2, 0.25) is 7.42 Å². The summed E-state index contributed by atoms with van der Waals surface area (Å²) in [5, 5.41) is 0.840. The van der Waals surface area contributed by atoms with E-state index in [9.17, 15) is 0 Å². The molecule has 0 amide bonds. The zero-order valence-corrected chi connectivity index (χ0v) is 22.5. The first-order chi connectivity index (χ1) is 12.4. The van der Waals surface area contributed by atoms with Crippen molar-refractivity contribution in [2.45, 2.75) is 81.4 Å². The predicted octanol–water partition coefficient (Wildman–Crippen LogP) is 8.00. The third-order valence-electron chi connectivity index (χ3n) is 3.81. The van der Waals surface area contributed by atoms with E-state index in [-0.39, 0.29) is 0 Å².